The zero-order valence-corrected chi connectivity index (χ0v) is 12.7. The fourth-order valence-corrected chi connectivity index (χ4v) is 2.10. The summed E-state index contributed by atoms with van der Waals surface area (Å²) < 4.78 is 10.4. The molecule has 0 aliphatic carbocycles. The molecular weight excluding hydrogens is 288 g/mol. The average molecular weight is 305 g/mol. The molecule has 0 saturated carbocycles. The van der Waals surface area contributed by atoms with Crippen LogP contribution in [0.15, 0.2) is 42.5 Å². The SMILES string of the molecule is COc1cc(O)c(C/C=C/c2ccc(Cl)cc2)cc1OC. The number of halogens is 1. The lowest BCUT2D eigenvalue weighted by atomic mass is 10.1. The van der Waals surface area contributed by atoms with Crippen LogP contribution in [0, 0.1) is 0 Å². The molecule has 0 saturated heterocycles. The van der Waals surface area contributed by atoms with Gasteiger partial charge in [-0.15, -0.1) is 0 Å². The number of phenolic OH excluding ortho intramolecular Hbond substituents is 1. The molecule has 2 aromatic rings. The molecule has 0 bridgehead atoms. The highest BCUT2D eigenvalue weighted by Crippen LogP contribution is 2.34. The summed E-state index contributed by atoms with van der Waals surface area (Å²) >= 11 is 5.84. The van der Waals surface area contributed by atoms with E-state index in [1.165, 1.54) is 7.11 Å². The molecule has 0 aliphatic rings. The van der Waals surface area contributed by atoms with Gasteiger partial charge in [0, 0.05) is 16.7 Å². The van der Waals surface area contributed by atoms with Gasteiger partial charge >= 0.3 is 0 Å². The fourth-order valence-electron chi connectivity index (χ4n) is 1.97. The molecule has 0 unspecified atom stereocenters. The van der Waals surface area contributed by atoms with Gasteiger partial charge in [0.15, 0.2) is 11.5 Å². The van der Waals surface area contributed by atoms with Crippen LogP contribution in [0.4, 0.5) is 0 Å². The maximum atomic E-state index is 9.99. The van der Waals surface area contributed by atoms with Crippen LogP contribution in [0.25, 0.3) is 6.08 Å². The van der Waals surface area contributed by atoms with E-state index in [1.54, 1.807) is 19.2 Å². The lowest BCUT2D eigenvalue weighted by Gasteiger charge is -2.10. The van der Waals surface area contributed by atoms with Crippen molar-refractivity contribution in [2.75, 3.05) is 14.2 Å². The van der Waals surface area contributed by atoms with E-state index in [1.807, 2.05) is 36.4 Å². The Labute approximate surface area is 129 Å². The third kappa shape index (κ3) is 3.92. The molecule has 0 spiro atoms. The highest BCUT2D eigenvalue weighted by atomic mass is 35.5. The molecule has 0 heterocycles. The van der Waals surface area contributed by atoms with E-state index in [4.69, 9.17) is 21.1 Å². The number of benzene rings is 2. The van der Waals surface area contributed by atoms with Gasteiger partial charge in [0.2, 0.25) is 0 Å². The van der Waals surface area contributed by atoms with Crippen molar-refractivity contribution in [2.24, 2.45) is 0 Å². The van der Waals surface area contributed by atoms with Gasteiger partial charge < -0.3 is 14.6 Å². The smallest absolute Gasteiger partial charge is 0.164 e. The highest BCUT2D eigenvalue weighted by Gasteiger charge is 2.09. The quantitative estimate of drug-likeness (QED) is 0.894. The highest BCUT2D eigenvalue weighted by molar-refractivity contribution is 6.30. The Morgan fingerprint density at radius 3 is 2.29 bits per heavy atom. The van der Waals surface area contributed by atoms with Crippen LogP contribution in [0.2, 0.25) is 5.02 Å². The number of rotatable bonds is 5. The first-order valence-corrected chi connectivity index (χ1v) is 6.88. The number of hydrogen-bond acceptors (Lipinski definition) is 3. The number of methoxy groups -OCH3 is 2. The molecule has 2 rings (SSSR count). The Morgan fingerprint density at radius 2 is 1.67 bits per heavy atom. The normalized spacial score (nSPS) is 10.8. The summed E-state index contributed by atoms with van der Waals surface area (Å²) in [5.74, 6) is 1.30. The molecule has 1 N–H and O–H groups in total. The molecule has 0 fully saturated rings. The summed E-state index contributed by atoms with van der Waals surface area (Å²) in [4.78, 5) is 0. The van der Waals surface area contributed by atoms with E-state index in [9.17, 15) is 5.11 Å². The van der Waals surface area contributed by atoms with Crippen molar-refractivity contribution in [2.45, 2.75) is 6.42 Å². The second kappa shape index (κ2) is 7.04. The molecular formula is C17H17ClO3. The zero-order chi connectivity index (χ0) is 15.2. The summed E-state index contributed by atoms with van der Waals surface area (Å²) in [6, 6.07) is 10.9. The maximum absolute atomic E-state index is 9.99. The third-order valence-corrected chi connectivity index (χ3v) is 3.35. The van der Waals surface area contributed by atoms with Crippen LogP contribution in [0.1, 0.15) is 11.1 Å². The Balaban J connectivity index is 2.14. The molecule has 0 radical (unpaired) electrons. The Bertz CT molecular complexity index is 633. The predicted molar refractivity (Wildman–Crippen MR) is 85.4 cm³/mol. The number of phenols is 1. The van der Waals surface area contributed by atoms with E-state index >= 15 is 0 Å². The minimum absolute atomic E-state index is 0.188. The van der Waals surface area contributed by atoms with Crippen LogP contribution >= 0.6 is 11.6 Å². The standard InChI is InChI=1S/C17H17ClO3/c1-20-16-10-13(15(19)11-17(16)21-2)5-3-4-12-6-8-14(18)9-7-12/h3-4,6-11,19H,5H2,1-2H3/b4-3+. The first-order chi connectivity index (χ1) is 10.1. The summed E-state index contributed by atoms with van der Waals surface area (Å²) in [6.07, 6.45) is 4.55. The van der Waals surface area contributed by atoms with E-state index in [0.717, 1.165) is 11.1 Å². The largest absolute Gasteiger partial charge is 0.508 e. The minimum Gasteiger partial charge on any atom is -0.508 e. The predicted octanol–water partition coefficient (Wildman–Crippen LogP) is 4.32. The minimum atomic E-state index is 0.188. The van der Waals surface area contributed by atoms with Gasteiger partial charge in [0.25, 0.3) is 0 Å². The van der Waals surface area contributed by atoms with Crippen molar-refractivity contribution in [1.29, 1.82) is 0 Å². The van der Waals surface area contributed by atoms with Crippen LogP contribution in [-0.4, -0.2) is 19.3 Å². The second-order valence-corrected chi connectivity index (χ2v) is 4.93. The van der Waals surface area contributed by atoms with Crippen molar-refractivity contribution in [1.82, 2.24) is 0 Å². The number of ether oxygens (including phenoxy) is 2. The Morgan fingerprint density at radius 1 is 1.05 bits per heavy atom. The van der Waals surface area contributed by atoms with Crippen molar-refractivity contribution in [3.05, 3.63) is 58.6 Å². The average Bonchev–Trinajstić information content (AvgIpc) is 2.50. The molecule has 110 valence electrons. The Kier molecular flexibility index (Phi) is 5.12. The van der Waals surface area contributed by atoms with E-state index in [-0.39, 0.29) is 5.75 Å². The van der Waals surface area contributed by atoms with Gasteiger partial charge in [0.1, 0.15) is 5.75 Å². The van der Waals surface area contributed by atoms with Gasteiger partial charge in [-0.3, -0.25) is 0 Å². The molecule has 0 aliphatic heterocycles. The second-order valence-electron chi connectivity index (χ2n) is 4.49. The van der Waals surface area contributed by atoms with Gasteiger partial charge in [-0.1, -0.05) is 35.9 Å². The summed E-state index contributed by atoms with van der Waals surface area (Å²) in [6.45, 7) is 0. The number of aromatic hydroxyl groups is 1. The molecule has 0 amide bonds. The Hall–Kier alpha value is -2.13. The number of allylic oxidation sites excluding steroid dienone is 1. The summed E-state index contributed by atoms with van der Waals surface area (Å²) in [7, 11) is 3.11. The topological polar surface area (TPSA) is 38.7 Å². The van der Waals surface area contributed by atoms with Crippen LogP contribution < -0.4 is 9.47 Å². The molecule has 0 aromatic heterocycles. The fraction of sp³-hybridized carbons (Fsp3) is 0.176. The van der Waals surface area contributed by atoms with Crippen LogP contribution in [0.3, 0.4) is 0 Å². The lowest BCUT2D eigenvalue weighted by molar-refractivity contribution is 0.350. The molecule has 21 heavy (non-hydrogen) atoms. The maximum Gasteiger partial charge on any atom is 0.164 e. The van der Waals surface area contributed by atoms with Crippen molar-refractivity contribution >= 4 is 17.7 Å². The zero-order valence-electron chi connectivity index (χ0n) is 12.0. The monoisotopic (exact) mass is 304 g/mol. The van der Waals surface area contributed by atoms with E-state index in [2.05, 4.69) is 0 Å². The molecule has 3 nitrogen and oxygen atoms in total. The molecule has 4 heteroatoms. The van der Waals surface area contributed by atoms with Gasteiger partial charge in [-0.05, 0) is 30.2 Å². The molecule has 2 aromatic carbocycles. The summed E-state index contributed by atoms with van der Waals surface area (Å²) in [5.41, 5.74) is 1.83. The van der Waals surface area contributed by atoms with Crippen LogP contribution in [0.5, 0.6) is 17.2 Å². The summed E-state index contributed by atoms with van der Waals surface area (Å²) in [5, 5.41) is 10.7. The van der Waals surface area contributed by atoms with E-state index < -0.39 is 0 Å². The van der Waals surface area contributed by atoms with Gasteiger partial charge in [-0.25, -0.2) is 0 Å². The van der Waals surface area contributed by atoms with Crippen molar-refractivity contribution in [3.8, 4) is 17.2 Å². The first kappa shape index (κ1) is 15.3. The van der Waals surface area contributed by atoms with Crippen molar-refractivity contribution in [3.63, 3.8) is 0 Å². The van der Waals surface area contributed by atoms with E-state index in [0.29, 0.717) is 22.9 Å². The van der Waals surface area contributed by atoms with Gasteiger partial charge in [-0.2, -0.15) is 0 Å². The van der Waals surface area contributed by atoms with Gasteiger partial charge in [0.05, 0.1) is 14.2 Å². The first-order valence-electron chi connectivity index (χ1n) is 6.50. The van der Waals surface area contributed by atoms with Crippen molar-refractivity contribution < 1.29 is 14.6 Å². The third-order valence-electron chi connectivity index (χ3n) is 3.10. The van der Waals surface area contributed by atoms with Crippen LogP contribution in [-0.2, 0) is 6.42 Å². The molecule has 0 atom stereocenters. The number of hydrogen-bond donors (Lipinski definition) is 1. The lowest BCUT2D eigenvalue weighted by Crippen LogP contribution is -1.93.